The van der Waals surface area contributed by atoms with Crippen LogP contribution in [-0.2, 0) is 147 Å². The van der Waals surface area contributed by atoms with Gasteiger partial charge in [0.15, 0.2) is 20.9 Å². The molecule has 0 saturated heterocycles. The quantitative estimate of drug-likeness (QED) is 0.0179. The number of methoxy groups -OCH3 is 1. The third-order valence-corrected chi connectivity index (χ3v) is 24.0. The van der Waals surface area contributed by atoms with Crippen molar-refractivity contribution in [3.8, 4) is 12.3 Å². The Labute approximate surface area is 760 Å². The van der Waals surface area contributed by atoms with E-state index >= 15 is 0 Å². The Kier molecular flexibility index (Phi) is 94.0. The van der Waals surface area contributed by atoms with E-state index in [2.05, 4.69) is 126 Å². The minimum Gasteiger partial charge on any atom is -0.460 e. The van der Waals surface area contributed by atoms with E-state index in [0.717, 1.165) is 19.1 Å². The number of carbonyl (C=O) groups excluding carboxylic acids is 9. The molecule has 0 N–H and O–H groups in total. The summed E-state index contributed by atoms with van der Waals surface area (Å²) in [5.74, 6) is 2.11. The lowest BCUT2D eigenvalue weighted by Crippen LogP contribution is -2.10. The van der Waals surface area contributed by atoms with Gasteiger partial charge in [-0.1, -0.05) is 130 Å². The molecule has 0 aromatic rings. The third kappa shape index (κ3) is 75.6. The topological polar surface area (TPSA) is 520 Å². The molecule has 0 saturated carbocycles. The number of hydrogen-bond acceptors (Lipinski definition) is 41. The zero-order chi connectivity index (χ0) is 102. The molecule has 2 atom stereocenters. The molecule has 0 radical (unpaired) electrons. The maximum atomic E-state index is 12.0. The first-order valence-corrected chi connectivity index (χ1v) is 53.9. The van der Waals surface area contributed by atoms with Gasteiger partial charge in [0.25, 0.3) is 0 Å². The Morgan fingerprint density at radius 3 is 0.667 bits per heavy atom. The van der Waals surface area contributed by atoms with Gasteiger partial charge in [0.2, 0.25) is 0 Å². The third-order valence-electron chi connectivity index (χ3n) is 10.9. The summed E-state index contributed by atoms with van der Waals surface area (Å²) in [5.41, 5.74) is -7.19. The van der Waals surface area contributed by atoms with Gasteiger partial charge in [0.05, 0.1) is 126 Å². The molecule has 41 nitrogen and oxygen atoms in total. The van der Waals surface area contributed by atoms with Crippen LogP contribution >= 0.6 is 67.5 Å². The Hall–Kier alpha value is -7.60. The molecule has 0 fully saturated rings. The molecule has 0 heterocycles. The highest BCUT2D eigenvalue weighted by Gasteiger charge is 2.42. The number of hydrogen-bond donors (Lipinski definition) is 0. The Balaban J connectivity index is -0.000000180. The number of unbranched alkanes of at least 4 members (excludes halogenated alkanes) is 1. The number of rotatable bonds is 63. The van der Waals surface area contributed by atoms with Gasteiger partial charge in [0, 0.05) is 0 Å². The Bertz CT molecular complexity index is 3870. The molecule has 0 aliphatic rings. The first kappa shape index (κ1) is 139. The molecule has 0 aromatic carbocycles. The second kappa shape index (κ2) is 87.1. The van der Waals surface area contributed by atoms with E-state index in [-0.39, 0.29) is 145 Å². The fourth-order valence-electron chi connectivity index (χ4n) is 5.43. The van der Waals surface area contributed by atoms with E-state index in [0.29, 0.717) is 12.8 Å². The molecule has 0 aliphatic heterocycles. The molecule has 0 aliphatic carbocycles. The van der Waals surface area contributed by atoms with Crippen LogP contribution in [0.3, 0.4) is 0 Å². The van der Waals surface area contributed by atoms with Crippen molar-refractivity contribution >= 4 is 119 Å². The molecular weight excluding hydrogens is 1880 g/mol. The largest absolute Gasteiger partial charge is 0.460 e. The van der Waals surface area contributed by atoms with E-state index < -0.39 is 119 Å². The van der Waals surface area contributed by atoms with Gasteiger partial charge in [-0.25, -0.2) is 75.1 Å². The summed E-state index contributed by atoms with van der Waals surface area (Å²) in [4.78, 5) is 101. The Morgan fingerprint density at radius 1 is 0.264 bits per heavy atom. The van der Waals surface area contributed by atoms with Gasteiger partial charge >= 0.3 is 105 Å². The van der Waals surface area contributed by atoms with Crippen molar-refractivity contribution in [2.45, 2.75) is 74.7 Å². The van der Waals surface area contributed by atoms with Gasteiger partial charge in [-0.05, 0) is 87.1 Å². The van der Waals surface area contributed by atoms with Crippen LogP contribution in [0.15, 0.2) is 189 Å². The highest BCUT2D eigenvalue weighted by atomic mass is 31.2. The van der Waals surface area contributed by atoms with Crippen LogP contribution in [0.25, 0.3) is 0 Å². The smallest absolute Gasteiger partial charge is 0.439 e. The van der Waals surface area contributed by atoms with E-state index in [9.17, 15) is 84.2 Å². The summed E-state index contributed by atoms with van der Waals surface area (Å²) in [6.45, 7) is 67.0. The fourth-order valence-corrected chi connectivity index (χ4v) is 14.2. The lowest BCUT2D eigenvalue weighted by Gasteiger charge is -2.15. The highest BCUT2D eigenvalue weighted by molar-refractivity contribution is 7.79. The zero-order valence-electron chi connectivity index (χ0n) is 76.1. The van der Waals surface area contributed by atoms with Crippen molar-refractivity contribution in [2.24, 2.45) is 0 Å². The van der Waals surface area contributed by atoms with Gasteiger partial charge < -0.3 is 60.8 Å². The van der Waals surface area contributed by atoms with Crippen molar-refractivity contribution in [1.29, 1.82) is 0 Å². The lowest BCUT2D eigenvalue weighted by atomic mass is 10.3. The fraction of sp³-hybridized carbons (Fsp3) is 0.481. The molecule has 50 heteroatoms. The molecule has 0 spiro atoms. The maximum Gasteiger partial charge on any atom is 0.439 e. The summed E-state index contributed by atoms with van der Waals surface area (Å²) in [6, 6.07) is 0. The maximum absolute atomic E-state index is 12.0. The van der Waals surface area contributed by atoms with E-state index in [1.54, 1.807) is 33.8 Å². The van der Waals surface area contributed by atoms with Crippen molar-refractivity contribution in [1.82, 2.24) is 0 Å². The van der Waals surface area contributed by atoms with Crippen LogP contribution in [0.5, 0.6) is 0 Å². The predicted molar refractivity (Wildman–Crippen MR) is 498 cm³/mol. The first-order chi connectivity index (χ1) is 60.5. The van der Waals surface area contributed by atoms with Crippen LogP contribution in [0.4, 0.5) is 43.2 Å². The number of ether oxygens (including phenoxy) is 9. The van der Waals surface area contributed by atoms with Crippen molar-refractivity contribution in [3.05, 3.63) is 189 Å². The highest BCUT2D eigenvalue weighted by Crippen LogP contribution is 2.55. The van der Waals surface area contributed by atoms with Gasteiger partial charge in [-0.15, -0.1) is 85.4 Å². The minimum atomic E-state index is -3.92. The summed E-state index contributed by atoms with van der Waals surface area (Å²) >= 11 is 0. The number of carbonyl (C=O) groups is 9. The normalized spacial score (nSPS) is 11.4. The average Bonchev–Trinajstić information content (AvgIpc) is 0.821. The second-order valence-corrected chi connectivity index (χ2v) is 42.1. The molecule has 740 valence electrons. The van der Waals surface area contributed by atoms with E-state index in [4.69, 9.17) is 84.0 Å². The van der Waals surface area contributed by atoms with E-state index in [1.807, 2.05) is 27.7 Å². The molecule has 0 aromatic heterocycles. The molecule has 2 unspecified atom stereocenters. The summed E-state index contributed by atoms with van der Waals surface area (Å²) in [5, 5.41) is 0. The summed E-state index contributed by atoms with van der Waals surface area (Å²) < 4.78 is 213. The van der Waals surface area contributed by atoms with Crippen LogP contribution in [0.2, 0.25) is 0 Å². The number of allylic oxidation sites excluding steroid dienone is 1. The SMILES string of the molecule is C#CCOC(=O)P(C)(C)=O.C=CCOC(=O)P(=O)(OCC)OCC=C.C=CCOC(=O)P(=O)(OCC=C)OCC=C.C=CCOP(=O)(OCC)C(=O)OCC.C=CCOP(=O)(OCC=C)C(=O)OC.C=CCOP(=O)(OCC=C)C(=O)OCC.C=CCOP(=O)(OCC=C)C(=O)OCCC.C=CCOP(=O)(OCC=C)C(=O)OCCCC.CC(C)=CCOC(=O)P(C)(C)=O. The summed E-state index contributed by atoms with van der Waals surface area (Å²) in [6.07, 6.45) is 27.9. The molecule has 129 heavy (non-hydrogen) atoms. The molecule has 0 amide bonds. The van der Waals surface area contributed by atoms with Crippen molar-refractivity contribution in [3.63, 3.8) is 0 Å². The van der Waals surface area contributed by atoms with Gasteiger partial charge in [-0.3, -0.25) is 54.3 Å². The first-order valence-electron chi connectivity index (χ1n) is 37.9. The van der Waals surface area contributed by atoms with Crippen molar-refractivity contribution in [2.75, 3.05) is 179 Å². The van der Waals surface area contributed by atoms with Crippen LogP contribution in [0.1, 0.15) is 74.7 Å². The molecule has 0 rings (SSSR count). The monoisotopic (exact) mass is 2020 g/mol. The van der Waals surface area contributed by atoms with Crippen LogP contribution < -0.4 is 0 Å². The number of terminal acetylenes is 1. The standard InChI is InChI=1S/C11H19O5P.C10H17O5P.C10H15O5P.2C9H15O5P.C8H13O5P.C8H15O5P.C8H15O3P.C6H9O3P/c1-4-7-10-14-11(12)17(13,15-8-5-2)16-9-6-3;2*1-4-7-13-10(11)16(12,14-8-5-2)15-9-6-3;1-4-7-12-9(10)15(11,13-6-3)14-8-5-2;1-4-7-13-15(11,14-8-5-2)9(10)12-6-3;1-4-6-12-14(10,8(9)11-3)13-7-5-2;1-4-7-13-14(10,12-6-3)8(9)11-5-2;1-7(2)5-6-11-8(9)12(3,4)10;1-4-5-9-6(7)10(2,3)8/h5-6H,2-4,7-10H2,1H3;5-6H,2-4,7-9H2,1H3;4-6H,1-3,7-9H2;2*4-5H,1-2,6-8H2,3H3;4-5H,1-2,6-7H2,3H3;4H,1,5-7H2,2-3H3;5H,6H2,1-4H3;1H,5H2,2-3H3. The molecule has 0 bridgehead atoms. The van der Waals surface area contributed by atoms with E-state index in [1.165, 1.54) is 112 Å². The Morgan fingerprint density at radius 2 is 0.473 bits per heavy atom. The van der Waals surface area contributed by atoms with Crippen molar-refractivity contribution < 1.29 is 190 Å². The zero-order valence-corrected chi connectivity index (χ0v) is 84.1. The predicted octanol–water partition coefficient (Wildman–Crippen LogP) is 24.1. The van der Waals surface area contributed by atoms with Gasteiger partial charge in [-0.2, -0.15) is 0 Å². The lowest BCUT2D eigenvalue weighted by molar-refractivity contribution is 0.150. The minimum absolute atomic E-state index is 0.0178. The summed E-state index contributed by atoms with van der Waals surface area (Å²) in [7, 11) is -31.4. The second-order valence-electron chi connectivity index (χ2n) is 22.8. The van der Waals surface area contributed by atoms with Crippen LogP contribution in [0, 0.1) is 12.3 Å². The van der Waals surface area contributed by atoms with Crippen LogP contribution in [-0.4, -0.2) is 231 Å². The average molecular weight is 2020 g/mol. The van der Waals surface area contributed by atoms with Gasteiger partial charge in [0.1, 0.15) is 19.8 Å². The molecular formula is C79H133O41P9.